The number of H-pyrrole nitrogens is 1. The largest absolute Gasteiger partial charge is 0.383 e. The van der Waals surface area contributed by atoms with Gasteiger partial charge in [-0.3, -0.25) is 14.7 Å². The number of likely N-dealkylation sites (tertiary alicyclic amines) is 1. The van der Waals surface area contributed by atoms with E-state index in [1.165, 1.54) is 5.56 Å². The Hall–Kier alpha value is -2.94. The van der Waals surface area contributed by atoms with Gasteiger partial charge in [-0.1, -0.05) is 42.1 Å². The number of methoxy groups -OCH3 is 1. The summed E-state index contributed by atoms with van der Waals surface area (Å²) in [5.74, 6) is 0.0538. The maximum absolute atomic E-state index is 13.1. The number of aromatic nitrogens is 3. The molecule has 0 spiro atoms. The number of ether oxygens (including phenoxy) is 1. The van der Waals surface area contributed by atoms with Gasteiger partial charge < -0.3 is 15.0 Å². The smallest absolute Gasteiger partial charge is 0.237 e. The molecule has 1 fully saturated rings. The number of amides is 1. The third kappa shape index (κ3) is 4.88. The molecule has 0 aliphatic carbocycles. The summed E-state index contributed by atoms with van der Waals surface area (Å²) in [6, 6.07) is 18.1. The van der Waals surface area contributed by atoms with Gasteiger partial charge in [0.25, 0.3) is 0 Å². The molecule has 1 aliphatic heterocycles. The van der Waals surface area contributed by atoms with E-state index < -0.39 is 0 Å². The minimum Gasteiger partial charge on any atom is -0.383 e. The van der Waals surface area contributed by atoms with Gasteiger partial charge in [0.05, 0.1) is 29.2 Å². The van der Waals surface area contributed by atoms with E-state index in [0.717, 1.165) is 40.1 Å². The Labute approximate surface area is 196 Å². The van der Waals surface area contributed by atoms with Crippen LogP contribution in [0, 0.1) is 0 Å². The maximum atomic E-state index is 13.1. The van der Waals surface area contributed by atoms with Gasteiger partial charge in [-0.2, -0.15) is 0 Å². The van der Waals surface area contributed by atoms with Crippen LogP contribution in [0.15, 0.2) is 66.0 Å². The molecule has 1 saturated heterocycles. The number of carbonyl (C=O) groups excluding carboxylic acids is 1. The van der Waals surface area contributed by atoms with Gasteiger partial charge in [0.15, 0.2) is 5.16 Å². The third-order valence-corrected chi connectivity index (χ3v) is 7.12. The Morgan fingerprint density at radius 2 is 2.00 bits per heavy atom. The second kappa shape index (κ2) is 9.91. The Kier molecular flexibility index (Phi) is 6.57. The number of imidazole rings is 1. The number of hydrogen-bond acceptors (Lipinski definition) is 6. The molecule has 1 amide bonds. The highest BCUT2D eigenvalue weighted by Gasteiger charge is 2.37. The Bertz CT molecular complexity index is 1220. The number of nitrogens with one attached hydrogen (secondary N) is 2. The molecule has 2 aromatic carbocycles. The summed E-state index contributed by atoms with van der Waals surface area (Å²) in [4.78, 5) is 28.0. The van der Waals surface area contributed by atoms with Crippen molar-refractivity contribution in [2.75, 3.05) is 26.8 Å². The van der Waals surface area contributed by atoms with Crippen LogP contribution in [-0.2, 0) is 16.1 Å². The van der Waals surface area contributed by atoms with Crippen molar-refractivity contribution in [1.82, 2.24) is 25.2 Å². The van der Waals surface area contributed by atoms with Crippen molar-refractivity contribution in [3.05, 3.63) is 66.4 Å². The average Bonchev–Trinajstić information content (AvgIpc) is 3.43. The fraction of sp³-hybridized carbons (Fsp3) is 0.320. The minimum atomic E-state index is -0.198. The molecular weight excluding hydrogens is 434 g/mol. The van der Waals surface area contributed by atoms with E-state index in [-0.39, 0.29) is 17.2 Å². The minimum absolute atomic E-state index is 0.0538. The zero-order chi connectivity index (χ0) is 22.6. The van der Waals surface area contributed by atoms with Gasteiger partial charge in [0, 0.05) is 43.6 Å². The SMILES string of the molecule is COCCNC(=O)[C@@H]1C[C@@H](Sc2nc3ccccc3[nH]2)CN1Cc1ccnc2ccccc12. The van der Waals surface area contributed by atoms with E-state index in [9.17, 15) is 4.79 Å². The molecule has 2 N–H and O–H groups in total. The maximum Gasteiger partial charge on any atom is 0.237 e. The molecule has 33 heavy (non-hydrogen) atoms. The molecule has 1 aliphatic rings. The quantitative estimate of drug-likeness (QED) is 0.390. The number of benzene rings is 2. The van der Waals surface area contributed by atoms with Crippen LogP contribution in [0.3, 0.4) is 0 Å². The van der Waals surface area contributed by atoms with Crippen molar-refractivity contribution in [2.45, 2.75) is 29.4 Å². The van der Waals surface area contributed by atoms with Crippen LogP contribution < -0.4 is 5.32 Å². The van der Waals surface area contributed by atoms with E-state index in [4.69, 9.17) is 9.72 Å². The fourth-order valence-corrected chi connectivity index (χ4v) is 5.62. The lowest BCUT2D eigenvalue weighted by molar-refractivity contribution is -0.125. The predicted octanol–water partition coefficient (Wildman–Crippen LogP) is 3.61. The highest BCUT2D eigenvalue weighted by atomic mass is 32.2. The molecule has 7 nitrogen and oxygen atoms in total. The highest BCUT2D eigenvalue weighted by molar-refractivity contribution is 7.99. The zero-order valence-corrected chi connectivity index (χ0v) is 19.3. The van der Waals surface area contributed by atoms with Gasteiger partial charge in [-0.25, -0.2) is 4.98 Å². The van der Waals surface area contributed by atoms with Crippen molar-refractivity contribution < 1.29 is 9.53 Å². The normalized spacial score (nSPS) is 18.8. The Morgan fingerprint density at radius 1 is 1.18 bits per heavy atom. The van der Waals surface area contributed by atoms with Crippen LogP contribution in [0.4, 0.5) is 0 Å². The molecule has 0 radical (unpaired) electrons. The summed E-state index contributed by atoms with van der Waals surface area (Å²) in [5, 5.41) is 5.33. The highest BCUT2D eigenvalue weighted by Crippen LogP contribution is 2.34. The van der Waals surface area contributed by atoms with Crippen LogP contribution in [-0.4, -0.2) is 63.9 Å². The molecule has 8 heteroatoms. The monoisotopic (exact) mass is 461 g/mol. The topological polar surface area (TPSA) is 83.1 Å². The fourth-order valence-electron chi connectivity index (χ4n) is 4.44. The number of rotatable bonds is 8. The molecule has 2 aromatic heterocycles. The summed E-state index contributed by atoms with van der Waals surface area (Å²) in [7, 11) is 1.64. The molecule has 0 bridgehead atoms. The van der Waals surface area contributed by atoms with Crippen LogP contribution in [0.25, 0.3) is 21.9 Å². The molecule has 170 valence electrons. The van der Waals surface area contributed by atoms with E-state index >= 15 is 0 Å². The molecule has 0 saturated carbocycles. The number of aromatic amines is 1. The summed E-state index contributed by atoms with van der Waals surface area (Å²) < 4.78 is 5.10. The van der Waals surface area contributed by atoms with Gasteiger partial charge in [0.1, 0.15) is 0 Å². The van der Waals surface area contributed by atoms with Crippen LogP contribution in [0.5, 0.6) is 0 Å². The summed E-state index contributed by atoms with van der Waals surface area (Å²) in [5.41, 5.74) is 4.16. The van der Waals surface area contributed by atoms with Gasteiger partial charge in [0.2, 0.25) is 5.91 Å². The van der Waals surface area contributed by atoms with Crippen molar-refractivity contribution in [3.63, 3.8) is 0 Å². The Morgan fingerprint density at radius 3 is 2.85 bits per heavy atom. The van der Waals surface area contributed by atoms with Gasteiger partial charge in [-0.15, -0.1) is 0 Å². The van der Waals surface area contributed by atoms with Crippen molar-refractivity contribution >= 4 is 39.6 Å². The molecule has 4 aromatic rings. The van der Waals surface area contributed by atoms with E-state index in [2.05, 4.69) is 32.3 Å². The van der Waals surface area contributed by atoms with E-state index in [1.54, 1.807) is 18.9 Å². The van der Waals surface area contributed by atoms with Gasteiger partial charge >= 0.3 is 0 Å². The van der Waals surface area contributed by atoms with Crippen LogP contribution in [0.1, 0.15) is 12.0 Å². The summed E-state index contributed by atoms with van der Waals surface area (Å²) >= 11 is 1.72. The number of carbonyl (C=O) groups is 1. The van der Waals surface area contributed by atoms with Crippen LogP contribution in [0.2, 0.25) is 0 Å². The van der Waals surface area contributed by atoms with Gasteiger partial charge in [-0.05, 0) is 36.2 Å². The number of hydrogen-bond donors (Lipinski definition) is 2. The molecule has 2 atom stereocenters. The van der Waals surface area contributed by atoms with Crippen molar-refractivity contribution in [2.24, 2.45) is 0 Å². The third-order valence-electron chi connectivity index (χ3n) is 6.03. The summed E-state index contributed by atoms with van der Waals surface area (Å²) in [6.45, 7) is 2.52. The van der Waals surface area contributed by atoms with Crippen molar-refractivity contribution in [3.8, 4) is 0 Å². The standard InChI is InChI=1S/C25H27N5O2S/c1-32-13-12-27-24(31)23-14-18(33-25-28-21-8-4-5-9-22(21)29-25)16-30(23)15-17-10-11-26-20-7-3-2-6-19(17)20/h2-11,18,23H,12-16H2,1H3,(H,27,31)(H,28,29)/t18-,23+/m1/s1. The molecule has 3 heterocycles. The average molecular weight is 462 g/mol. The number of para-hydroxylation sites is 3. The van der Waals surface area contributed by atoms with Crippen molar-refractivity contribution in [1.29, 1.82) is 0 Å². The predicted molar refractivity (Wildman–Crippen MR) is 131 cm³/mol. The van der Waals surface area contributed by atoms with Crippen LogP contribution >= 0.6 is 11.8 Å². The molecular formula is C25H27N5O2S. The first-order chi connectivity index (χ1) is 16.2. The second-order valence-corrected chi connectivity index (χ2v) is 9.54. The lowest BCUT2D eigenvalue weighted by Crippen LogP contribution is -2.43. The Balaban J connectivity index is 1.36. The van der Waals surface area contributed by atoms with E-state index in [1.807, 2.05) is 48.7 Å². The molecule has 0 unspecified atom stereocenters. The second-order valence-electron chi connectivity index (χ2n) is 8.25. The first-order valence-electron chi connectivity index (χ1n) is 11.2. The number of fused-ring (bicyclic) bond motifs is 2. The number of pyridine rings is 1. The lowest BCUT2D eigenvalue weighted by Gasteiger charge is -2.24. The molecule has 5 rings (SSSR count). The lowest BCUT2D eigenvalue weighted by atomic mass is 10.1. The van der Waals surface area contributed by atoms with E-state index in [0.29, 0.717) is 19.7 Å². The summed E-state index contributed by atoms with van der Waals surface area (Å²) in [6.07, 6.45) is 2.62. The first-order valence-corrected chi connectivity index (χ1v) is 12.0. The number of thioether (sulfide) groups is 1. The number of nitrogens with zero attached hydrogens (tertiary/aromatic N) is 3. The zero-order valence-electron chi connectivity index (χ0n) is 18.5. The first kappa shape index (κ1) is 21.9.